The third kappa shape index (κ3) is 6.99. The summed E-state index contributed by atoms with van der Waals surface area (Å²) in [7, 11) is 0. The van der Waals surface area contributed by atoms with Crippen molar-refractivity contribution in [1.82, 2.24) is 0 Å². The van der Waals surface area contributed by atoms with Gasteiger partial charge in [0.2, 0.25) is 0 Å². The molecule has 1 fully saturated rings. The zero-order chi connectivity index (χ0) is 26.2. The van der Waals surface area contributed by atoms with E-state index >= 15 is 0 Å². The molecule has 4 rings (SSSR count). The van der Waals surface area contributed by atoms with Crippen molar-refractivity contribution in [2.75, 3.05) is 13.2 Å². The summed E-state index contributed by atoms with van der Waals surface area (Å²) in [5.41, 5.74) is 10.3. The van der Waals surface area contributed by atoms with E-state index in [1.54, 1.807) is 6.92 Å². The highest BCUT2D eigenvalue weighted by Crippen LogP contribution is 2.35. The van der Waals surface area contributed by atoms with Crippen molar-refractivity contribution in [2.24, 2.45) is 0 Å². The molecule has 0 unspecified atom stereocenters. The number of benzene rings is 3. The molecule has 0 aromatic heterocycles. The number of esters is 1. The summed E-state index contributed by atoms with van der Waals surface area (Å²) >= 11 is 0. The van der Waals surface area contributed by atoms with Gasteiger partial charge in [0.1, 0.15) is 0 Å². The second kappa shape index (κ2) is 12.9. The highest BCUT2D eigenvalue weighted by molar-refractivity contribution is 5.86. The van der Waals surface area contributed by atoms with Crippen LogP contribution in [0.15, 0.2) is 72.8 Å². The lowest BCUT2D eigenvalue weighted by molar-refractivity contribution is -0.138. The van der Waals surface area contributed by atoms with E-state index in [1.165, 1.54) is 65.5 Å². The number of aliphatic hydroxyl groups is 1. The summed E-state index contributed by atoms with van der Waals surface area (Å²) in [6, 6.07) is 22.4. The van der Waals surface area contributed by atoms with E-state index < -0.39 is 0 Å². The van der Waals surface area contributed by atoms with Crippen LogP contribution in [0.4, 0.5) is 0 Å². The second-order valence-electron chi connectivity index (χ2n) is 10.5. The fourth-order valence-electron chi connectivity index (χ4n) is 5.47. The number of aliphatic hydroxyl groups excluding tert-OH is 1. The van der Waals surface area contributed by atoms with E-state index in [1.807, 2.05) is 0 Å². The molecule has 1 aliphatic rings. The molecular formula is C34H40O3. The van der Waals surface area contributed by atoms with E-state index in [-0.39, 0.29) is 12.6 Å². The Labute approximate surface area is 222 Å². The van der Waals surface area contributed by atoms with Crippen LogP contribution in [-0.4, -0.2) is 24.3 Å². The molecule has 0 atom stereocenters. The molecule has 3 aromatic rings. The number of hydrogen-bond acceptors (Lipinski definition) is 3. The minimum Gasteiger partial charge on any atom is -0.462 e. The maximum atomic E-state index is 11.8. The third-order valence-corrected chi connectivity index (χ3v) is 7.62. The quantitative estimate of drug-likeness (QED) is 0.229. The van der Waals surface area contributed by atoms with Gasteiger partial charge in [-0.1, -0.05) is 86.5 Å². The number of carbonyl (C=O) groups is 1. The first-order valence-corrected chi connectivity index (χ1v) is 13.7. The topological polar surface area (TPSA) is 46.5 Å². The maximum Gasteiger partial charge on any atom is 0.333 e. The monoisotopic (exact) mass is 496 g/mol. The van der Waals surface area contributed by atoms with Crippen LogP contribution >= 0.6 is 0 Å². The average Bonchev–Trinajstić information content (AvgIpc) is 2.92. The highest BCUT2D eigenvalue weighted by Gasteiger charge is 2.15. The number of ether oxygens (including phenoxy) is 1. The van der Waals surface area contributed by atoms with Gasteiger partial charge in [0.25, 0.3) is 0 Å². The average molecular weight is 497 g/mol. The maximum absolute atomic E-state index is 11.8. The molecule has 0 spiro atoms. The molecule has 1 saturated carbocycles. The first kappa shape index (κ1) is 26.9. The number of rotatable bonds is 10. The van der Waals surface area contributed by atoms with Crippen molar-refractivity contribution in [3.05, 3.63) is 95.1 Å². The number of aryl methyl sites for hydroxylation is 2. The minimum absolute atomic E-state index is 0.161. The Balaban J connectivity index is 1.53. The van der Waals surface area contributed by atoms with Crippen molar-refractivity contribution in [2.45, 2.75) is 71.1 Å². The van der Waals surface area contributed by atoms with Gasteiger partial charge >= 0.3 is 5.97 Å². The van der Waals surface area contributed by atoms with Crippen LogP contribution in [0.3, 0.4) is 0 Å². The molecule has 1 aliphatic carbocycles. The van der Waals surface area contributed by atoms with Crippen LogP contribution in [0.2, 0.25) is 0 Å². The Hall–Kier alpha value is -3.17. The predicted octanol–water partition coefficient (Wildman–Crippen LogP) is 7.96. The fourth-order valence-corrected chi connectivity index (χ4v) is 5.47. The summed E-state index contributed by atoms with van der Waals surface area (Å²) in [6.07, 6.45) is 8.90. The third-order valence-electron chi connectivity index (χ3n) is 7.62. The van der Waals surface area contributed by atoms with Crippen molar-refractivity contribution in [3.8, 4) is 22.3 Å². The Morgan fingerprint density at radius 3 is 2.27 bits per heavy atom. The van der Waals surface area contributed by atoms with Gasteiger partial charge in [-0.15, -0.1) is 0 Å². The van der Waals surface area contributed by atoms with Gasteiger partial charge in [-0.2, -0.15) is 0 Å². The Bertz CT molecular complexity index is 1220. The van der Waals surface area contributed by atoms with Crippen LogP contribution in [0.25, 0.3) is 22.3 Å². The van der Waals surface area contributed by atoms with E-state index in [4.69, 9.17) is 4.74 Å². The van der Waals surface area contributed by atoms with E-state index in [0.29, 0.717) is 25.0 Å². The Kier molecular flexibility index (Phi) is 9.35. The molecule has 0 bridgehead atoms. The van der Waals surface area contributed by atoms with Crippen LogP contribution < -0.4 is 0 Å². The molecule has 0 heterocycles. The van der Waals surface area contributed by atoms with Crippen molar-refractivity contribution < 1.29 is 14.6 Å². The molecule has 0 amide bonds. The normalized spacial score (nSPS) is 13.9. The van der Waals surface area contributed by atoms with Gasteiger partial charge in [0, 0.05) is 18.6 Å². The second-order valence-corrected chi connectivity index (χ2v) is 10.5. The molecular weight excluding hydrogens is 456 g/mol. The summed E-state index contributed by atoms with van der Waals surface area (Å²) in [4.78, 5) is 11.8. The minimum atomic E-state index is -0.355. The van der Waals surface area contributed by atoms with E-state index in [2.05, 4.69) is 74.2 Å². The molecule has 194 valence electrons. The van der Waals surface area contributed by atoms with Gasteiger partial charge in [-0.25, -0.2) is 4.79 Å². The van der Waals surface area contributed by atoms with Gasteiger partial charge < -0.3 is 9.84 Å². The first-order valence-electron chi connectivity index (χ1n) is 13.7. The smallest absolute Gasteiger partial charge is 0.333 e. The lowest BCUT2D eigenvalue weighted by Crippen LogP contribution is -2.09. The highest BCUT2D eigenvalue weighted by atomic mass is 16.5. The summed E-state index contributed by atoms with van der Waals surface area (Å²) in [5, 5.41) is 9.32. The molecule has 0 saturated heterocycles. The lowest BCUT2D eigenvalue weighted by atomic mass is 9.83. The fraction of sp³-hybridized carbons (Fsp3) is 0.382. The summed E-state index contributed by atoms with van der Waals surface area (Å²) in [6.45, 7) is 7.96. The zero-order valence-corrected chi connectivity index (χ0v) is 22.4. The number of hydrogen-bond donors (Lipinski definition) is 1. The largest absolute Gasteiger partial charge is 0.462 e. The summed E-state index contributed by atoms with van der Waals surface area (Å²) < 4.78 is 5.36. The van der Waals surface area contributed by atoms with Crippen LogP contribution in [0.5, 0.6) is 0 Å². The van der Waals surface area contributed by atoms with E-state index in [9.17, 15) is 9.90 Å². The standard InChI is InChI=1S/C34H40O3/c1-24(2)34(36)37-21-19-31-23-32(16-15-27(31)10-7-20-35)33-18-17-30(22-25(33)3)29-13-11-28(12-14-29)26-8-5-4-6-9-26/h11-18,22-23,26,35H,1,4-10,19-21H2,2-3H3. The summed E-state index contributed by atoms with van der Waals surface area (Å²) in [5.74, 6) is 0.372. The molecule has 0 aliphatic heterocycles. The van der Waals surface area contributed by atoms with Crippen LogP contribution in [0.1, 0.15) is 73.6 Å². The molecule has 3 heteroatoms. The molecule has 1 N–H and O–H groups in total. The van der Waals surface area contributed by atoms with E-state index in [0.717, 1.165) is 23.5 Å². The van der Waals surface area contributed by atoms with Gasteiger partial charge in [0.05, 0.1) is 6.61 Å². The zero-order valence-electron chi connectivity index (χ0n) is 22.4. The molecule has 3 aromatic carbocycles. The Morgan fingerprint density at radius 2 is 1.59 bits per heavy atom. The van der Waals surface area contributed by atoms with Crippen LogP contribution in [-0.2, 0) is 22.4 Å². The van der Waals surface area contributed by atoms with Gasteiger partial charge in [-0.3, -0.25) is 0 Å². The predicted molar refractivity (Wildman–Crippen MR) is 153 cm³/mol. The van der Waals surface area contributed by atoms with Crippen molar-refractivity contribution in [3.63, 3.8) is 0 Å². The van der Waals surface area contributed by atoms with Crippen LogP contribution in [0, 0.1) is 6.92 Å². The number of carbonyl (C=O) groups excluding carboxylic acids is 1. The van der Waals surface area contributed by atoms with Gasteiger partial charge in [0.15, 0.2) is 0 Å². The molecule has 3 nitrogen and oxygen atoms in total. The SMILES string of the molecule is C=C(C)C(=O)OCCc1cc(-c2ccc(-c3ccc(C4CCCCC4)cc3)cc2C)ccc1CCCO. The molecule has 37 heavy (non-hydrogen) atoms. The first-order chi connectivity index (χ1) is 18.0. The molecule has 0 radical (unpaired) electrons. The van der Waals surface area contributed by atoms with Crippen molar-refractivity contribution >= 4 is 5.97 Å². The van der Waals surface area contributed by atoms with Crippen molar-refractivity contribution in [1.29, 1.82) is 0 Å². The van der Waals surface area contributed by atoms with Gasteiger partial charge in [-0.05, 0) is 90.0 Å². The Morgan fingerprint density at radius 1 is 0.892 bits per heavy atom. The lowest BCUT2D eigenvalue weighted by Gasteiger charge is -2.22.